The smallest absolute Gasteiger partial charge is 0.220 e. The van der Waals surface area contributed by atoms with Crippen molar-refractivity contribution in [3.05, 3.63) is 59.2 Å². The van der Waals surface area contributed by atoms with Gasteiger partial charge >= 0.3 is 0 Å². The molecule has 0 saturated carbocycles. The normalized spacial score (nSPS) is 15.7. The van der Waals surface area contributed by atoms with E-state index >= 15 is 0 Å². The number of rotatable bonds is 8. The average molecular weight is 367 g/mol. The second-order valence-electron chi connectivity index (χ2n) is 6.86. The van der Waals surface area contributed by atoms with E-state index in [1.165, 1.54) is 11.1 Å². The van der Waals surface area contributed by atoms with Crippen LogP contribution in [0.3, 0.4) is 0 Å². The number of nitrogens with one attached hydrogen (secondary N) is 1. The summed E-state index contributed by atoms with van der Waals surface area (Å²) in [4.78, 5) is 12.5. The number of hydrogen-bond acceptors (Lipinski definition) is 3. The SMILES string of the molecule is CCOc1ccc(CCC(=O)N[C@H]2CCCc3ccccc32)cc1OCC. The van der Waals surface area contributed by atoms with Gasteiger partial charge in [0.25, 0.3) is 0 Å². The van der Waals surface area contributed by atoms with Crippen LogP contribution in [0.5, 0.6) is 11.5 Å². The molecule has 0 heterocycles. The molecule has 4 heteroatoms. The fourth-order valence-corrected chi connectivity index (χ4v) is 3.68. The third-order valence-electron chi connectivity index (χ3n) is 4.95. The Kier molecular flexibility index (Phi) is 6.74. The molecule has 1 aliphatic carbocycles. The molecule has 0 spiro atoms. The summed E-state index contributed by atoms with van der Waals surface area (Å²) in [6, 6.07) is 14.5. The van der Waals surface area contributed by atoms with Crippen molar-refractivity contribution in [3.63, 3.8) is 0 Å². The summed E-state index contributed by atoms with van der Waals surface area (Å²) in [5, 5.41) is 3.22. The molecule has 0 radical (unpaired) electrons. The van der Waals surface area contributed by atoms with Crippen molar-refractivity contribution in [3.8, 4) is 11.5 Å². The minimum atomic E-state index is 0.101. The van der Waals surface area contributed by atoms with E-state index in [1.54, 1.807) is 0 Å². The minimum absolute atomic E-state index is 0.101. The van der Waals surface area contributed by atoms with Crippen LogP contribution in [0.25, 0.3) is 0 Å². The lowest BCUT2D eigenvalue weighted by molar-refractivity contribution is -0.121. The average Bonchev–Trinajstić information content (AvgIpc) is 2.69. The minimum Gasteiger partial charge on any atom is -0.490 e. The van der Waals surface area contributed by atoms with Crippen LogP contribution < -0.4 is 14.8 Å². The molecule has 0 saturated heterocycles. The van der Waals surface area contributed by atoms with Crippen molar-refractivity contribution in [1.29, 1.82) is 0 Å². The molecular weight excluding hydrogens is 338 g/mol. The number of amides is 1. The number of benzene rings is 2. The van der Waals surface area contributed by atoms with E-state index in [1.807, 2.05) is 32.0 Å². The first-order valence-corrected chi connectivity index (χ1v) is 9.97. The summed E-state index contributed by atoms with van der Waals surface area (Å²) in [5.41, 5.74) is 3.72. The second kappa shape index (κ2) is 9.45. The summed E-state index contributed by atoms with van der Waals surface area (Å²) < 4.78 is 11.3. The van der Waals surface area contributed by atoms with Gasteiger partial charge in [0, 0.05) is 6.42 Å². The van der Waals surface area contributed by atoms with Crippen LogP contribution in [-0.4, -0.2) is 19.1 Å². The molecule has 0 aliphatic heterocycles. The zero-order valence-electron chi connectivity index (χ0n) is 16.3. The Labute approximate surface area is 161 Å². The molecule has 1 amide bonds. The van der Waals surface area contributed by atoms with Gasteiger partial charge in [-0.15, -0.1) is 0 Å². The van der Waals surface area contributed by atoms with Gasteiger partial charge in [0.15, 0.2) is 11.5 Å². The topological polar surface area (TPSA) is 47.6 Å². The van der Waals surface area contributed by atoms with E-state index < -0.39 is 0 Å². The lowest BCUT2D eigenvalue weighted by Gasteiger charge is -2.26. The Morgan fingerprint density at radius 1 is 1.07 bits per heavy atom. The Morgan fingerprint density at radius 3 is 2.67 bits per heavy atom. The van der Waals surface area contributed by atoms with Gasteiger partial charge in [-0.1, -0.05) is 30.3 Å². The van der Waals surface area contributed by atoms with E-state index in [2.05, 4.69) is 29.6 Å². The lowest BCUT2D eigenvalue weighted by atomic mass is 9.87. The van der Waals surface area contributed by atoms with Crippen molar-refractivity contribution < 1.29 is 14.3 Å². The third-order valence-corrected chi connectivity index (χ3v) is 4.95. The van der Waals surface area contributed by atoms with Crippen LogP contribution in [0.1, 0.15) is 55.8 Å². The van der Waals surface area contributed by atoms with Crippen LogP contribution in [0.4, 0.5) is 0 Å². The summed E-state index contributed by atoms with van der Waals surface area (Å²) in [7, 11) is 0. The highest BCUT2D eigenvalue weighted by molar-refractivity contribution is 5.76. The van der Waals surface area contributed by atoms with E-state index in [9.17, 15) is 4.79 Å². The number of fused-ring (bicyclic) bond motifs is 1. The largest absolute Gasteiger partial charge is 0.490 e. The molecule has 1 atom stereocenters. The third kappa shape index (κ3) is 5.03. The van der Waals surface area contributed by atoms with Gasteiger partial charge in [-0.2, -0.15) is 0 Å². The molecule has 0 fully saturated rings. The van der Waals surface area contributed by atoms with Crippen molar-refractivity contribution in [2.75, 3.05) is 13.2 Å². The molecule has 2 aromatic rings. The number of aryl methyl sites for hydroxylation is 2. The first kappa shape index (κ1) is 19.3. The molecule has 1 aliphatic rings. The van der Waals surface area contributed by atoms with Crippen molar-refractivity contribution >= 4 is 5.91 Å². The van der Waals surface area contributed by atoms with Gasteiger partial charge < -0.3 is 14.8 Å². The first-order valence-electron chi connectivity index (χ1n) is 9.97. The number of hydrogen-bond donors (Lipinski definition) is 1. The van der Waals surface area contributed by atoms with Gasteiger partial charge in [0.2, 0.25) is 5.91 Å². The summed E-state index contributed by atoms with van der Waals surface area (Å²) in [5.74, 6) is 1.60. The van der Waals surface area contributed by atoms with Gasteiger partial charge in [-0.3, -0.25) is 4.79 Å². The molecule has 2 aromatic carbocycles. The maximum absolute atomic E-state index is 12.5. The standard InChI is InChI=1S/C23H29NO3/c1-3-26-21-14-12-17(16-22(21)27-4-2)13-15-23(25)24-20-11-7-9-18-8-5-6-10-19(18)20/h5-6,8,10,12,14,16,20H,3-4,7,9,11,13,15H2,1-2H3,(H,24,25)/t20-/m0/s1. The van der Waals surface area contributed by atoms with Crippen LogP contribution in [0.15, 0.2) is 42.5 Å². The highest BCUT2D eigenvalue weighted by Crippen LogP contribution is 2.30. The van der Waals surface area contributed by atoms with Gasteiger partial charge in [0.1, 0.15) is 0 Å². The Hall–Kier alpha value is -2.49. The van der Waals surface area contributed by atoms with E-state index in [-0.39, 0.29) is 11.9 Å². The maximum Gasteiger partial charge on any atom is 0.220 e. The Morgan fingerprint density at radius 2 is 1.85 bits per heavy atom. The molecule has 27 heavy (non-hydrogen) atoms. The molecule has 4 nitrogen and oxygen atoms in total. The predicted molar refractivity (Wildman–Crippen MR) is 107 cm³/mol. The second-order valence-corrected chi connectivity index (χ2v) is 6.86. The molecule has 0 bridgehead atoms. The maximum atomic E-state index is 12.5. The fraction of sp³-hybridized carbons (Fsp3) is 0.435. The Balaban J connectivity index is 1.59. The Bertz CT molecular complexity index is 772. The van der Waals surface area contributed by atoms with Crippen molar-refractivity contribution in [1.82, 2.24) is 5.32 Å². The zero-order valence-corrected chi connectivity index (χ0v) is 16.3. The molecule has 0 aromatic heterocycles. The van der Waals surface area contributed by atoms with E-state index in [0.29, 0.717) is 26.1 Å². The molecule has 1 N–H and O–H groups in total. The van der Waals surface area contributed by atoms with E-state index in [0.717, 1.165) is 36.3 Å². The van der Waals surface area contributed by atoms with Gasteiger partial charge in [-0.05, 0) is 68.4 Å². The predicted octanol–water partition coefficient (Wildman–Crippen LogP) is 4.61. The highest BCUT2D eigenvalue weighted by atomic mass is 16.5. The molecule has 144 valence electrons. The highest BCUT2D eigenvalue weighted by Gasteiger charge is 2.21. The zero-order chi connectivity index (χ0) is 19.1. The molecular formula is C23H29NO3. The van der Waals surface area contributed by atoms with Gasteiger partial charge in [-0.25, -0.2) is 0 Å². The fourth-order valence-electron chi connectivity index (χ4n) is 3.68. The number of carbonyl (C=O) groups excluding carboxylic acids is 1. The molecule has 0 unspecified atom stereocenters. The van der Waals surface area contributed by atoms with Crippen LogP contribution in [0.2, 0.25) is 0 Å². The first-order chi connectivity index (χ1) is 13.2. The number of carbonyl (C=O) groups is 1. The van der Waals surface area contributed by atoms with Crippen LogP contribution in [0, 0.1) is 0 Å². The summed E-state index contributed by atoms with van der Waals surface area (Å²) in [6.45, 7) is 5.10. The van der Waals surface area contributed by atoms with Crippen molar-refractivity contribution in [2.45, 2.75) is 52.0 Å². The summed E-state index contributed by atoms with van der Waals surface area (Å²) >= 11 is 0. The number of ether oxygens (including phenoxy) is 2. The summed E-state index contributed by atoms with van der Waals surface area (Å²) in [6.07, 6.45) is 4.40. The van der Waals surface area contributed by atoms with E-state index in [4.69, 9.17) is 9.47 Å². The van der Waals surface area contributed by atoms with Crippen LogP contribution in [-0.2, 0) is 17.6 Å². The molecule has 3 rings (SSSR count). The van der Waals surface area contributed by atoms with Crippen LogP contribution >= 0.6 is 0 Å². The monoisotopic (exact) mass is 367 g/mol. The van der Waals surface area contributed by atoms with Crippen molar-refractivity contribution in [2.24, 2.45) is 0 Å². The lowest BCUT2D eigenvalue weighted by Crippen LogP contribution is -2.31. The van der Waals surface area contributed by atoms with Gasteiger partial charge in [0.05, 0.1) is 19.3 Å². The quantitative estimate of drug-likeness (QED) is 0.741.